The van der Waals surface area contributed by atoms with Crippen LogP contribution in [-0.2, 0) is 0 Å². The Morgan fingerprint density at radius 1 is 1.38 bits per heavy atom. The quantitative estimate of drug-likeness (QED) is 0.653. The monoisotopic (exact) mass is 234 g/mol. The Kier molecular flexibility index (Phi) is 3.22. The van der Waals surface area contributed by atoms with E-state index < -0.39 is 0 Å². The zero-order valence-electron chi connectivity index (χ0n) is 8.60. The first-order valence-electron chi connectivity index (χ1n) is 4.81. The smallest absolute Gasteiger partial charge is 0.158 e. The second-order valence-electron chi connectivity index (χ2n) is 3.12. The number of nitrogens with zero attached hydrogens (tertiary/aromatic N) is 3. The summed E-state index contributed by atoms with van der Waals surface area (Å²) in [6, 6.07) is 3.83. The maximum absolute atomic E-state index is 6.06. The van der Waals surface area contributed by atoms with E-state index in [1.807, 2.05) is 29.1 Å². The standard InChI is InChI=1S/C11H11ClN4/c1-2-5-13-11-9(10(12)14-8-15-11)16-6-3-4-7-16/h2-4,6-8H,1,5H2,(H,13,14,15). The van der Waals surface area contributed by atoms with Crippen molar-refractivity contribution in [1.29, 1.82) is 0 Å². The van der Waals surface area contributed by atoms with Crippen molar-refractivity contribution in [2.75, 3.05) is 11.9 Å². The van der Waals surface area contributed by atoms with E-state index in [2.05, 4.69) is 21.9 Å². The molecule has 0 aliphatic carbocycles. The van der Waals surface area contributed by atoms with Crippen LogP contribution in [0.5, 0.6) is 0 Å². The van der Waals surface area contributed by atoms with Crippen molar-refractivity contribution in [3.63, 3.8) is 0 Å². The summed E-state index contributed by atoms with van der Waals surface area (Å²) in [5.41, 5.74) is 0.746. The zero-order chi connectivity index (χ0) is 11.4. The summed E-state index contributed by atoms with van der Waals surface area (Å²) in [5, 5.41) is 3.53. The maximum atomic E-state index is 6.06. The molecule has 0 fully saturated rings. The number of rotatable bonds is 4. The van der Waals surface area contributed by atoms with Gasteiger partial charge in [-0.05, 0) is 12.1 Å². The fourth-order valence-electron chi connectivity index (χ4n) is 1.37. The first-order valence-corrected chi connectivity index (χ1v) is 5.19. The van der Waals surface area contributed by atoms with E-state index in [1.165, 1.54) is 6.33 Å². The van der Waals surface area contributed by atoms with E-state index >= 15 is 0 Å². The number of aromatic nitrogens is 3. The molecule has 0 aromatic carbocycles. The van der Waals surface area contributed by atoms with Gasteiger partial charge < -0.3 is 9.88 Å². The first kappa shape index (κ1) is 10.7. The number of hydrogen-bond donors (Lipinski definition) is 1. The molecule has 16 heavy (non-hydrogen) atoms. The minimum absolute atomic E-state index is 0.415. The summed E-state index contributed by atoms with van der Waals surface area (Å²) in [5.74, 6) is 0.691. The SMILES string of the molecule is C=CCNc1ncnc(Cl)c1-n1cccc1. The van der Waals surface area contributed by atoms with Gasteiger partial charge in [0, 0.05) is 18.9 Å². The van der Waals surface area contributed by atoms with Crippen LogP contribution in [0.4, 0.5) is 5.82 Å². The summed E-state index contributed by atoms with van der Waals surface area (Å²) in [6.07, 6.45) is 6.98. The molecule has 4 nitrogen and oxygen atoms in total. The van der Waals surface area contributed by atoms with Crippen LogP contribution in [0, 0.1) is 0 Å². The van der Waals surface area contributed by atoms with Gasteiger partial charge in [-0.1, -0.05) is 17.7 Å². The highest BCUT2D eigenvalue weighted by Gasteiger charge is 2.10. The Morgan fingerprint density at radius 3 is 2.81 bits per heavy atom. The van der Waals surface area contributed by atoms with Gasteiger partial charge in [0.2, 0.25) is 0 Å². The molecular weight excluding hydrogens is 224 g/mol. The summed E-state index contributed by atoms with van der Waals surface area (Å²) >= 11 is 6.06. The molecule has 5 heteroatoms. The molecule has 82 valence electrons. The van der Waals surface area contributed by atoms with Crippen LogP contribution in [0.2, 0.25) is 5.15 Å². The summed E-state index contributed by atoms with van der Waals surface area (Å²) in [4.78, 5) is 8.13. The number of anilines is 1. The lowest BCUT2D eigenvalue weighted by Crippen LogP contribution is -2.06. The van der Waals surface area contributed by atoms with Crippen LogP contribution in [0.3, 0.4) is 0 Å². The molecule has 0 unspecified atom stereocenters. The third-order valence-electron chi connectivity index (χ3n) is 2.05. The molecule has 0 amide bonds. The molecule has 0 radical (unpaired) electrons. The Labute approximate surface area is 98.6 Å². The van der Waals surface area contributed by atoms with E-state index in [-0.39, 0.29) is 0 Å². The van der Waals surface area contributed by atoms with Crippen LogP contribution in [-0.4, -0.2) is 21.1 Å². The van der Waals surface area contributed by atoms with Crippen molar-refractivity contribution >= 4 is 17.4 Å². The van der Waals surface area contributed by atoms with Crippen molar-refractivity contribution in [3.05, 3.63) is 48.7 Å². The highest BCUT2D eigenvalue weighted by molar-refractivity contribution is 6.31. The largest absolute Gasteiger partial charge is 0.365 e. The molecule has 0 spiro atoms. The lowest BCUT2D eigenvalue weighted by molar-refractivity contribution is 1.02. The van der Waals surface area contributed by atoms with Crippen LogP contribution in [0.1, 0.15) is 0 Å². The van der Waals surface area contributed by atoms with E-state index in [1.54, 1.807) is 6.08 Å². The highest BCUT2D eigenvalue weighted by Crippen LogP contribution is 2.24. The molecule has 2 aromatic heterocycles. The molecule has 2 rings (SSSR count). The van der Waals surface area contributed by atoms with Gasteiger partial charge in [0.1, 0.15) is 12.0 Å². The lowest BCUT2D eigenvalue weighted by Gasteiger charge is -2.11. The van der Waals surface area contributed by atoms with E-state index in [0.29, 0.717) is 17.5 Å². The van der Waals surface area contributed by atoms with Crippen LogP contribution in [0.15, 0.2) is 43.5 Å². The van der Waals surface area contributed by atoms with Gasteiger partial charge in [0.05, 0.1) is 0 Å². The predicted molar refractivity (Wildman–Crippen MR) is 65.1 cm³/mol. The predicted octanol–water partition coefficient (Wildman–Crippen LogP) is 2.52. The van der Waals surface area contributed by atoms with Gasteiger partial charge in [0.25, 0.3) is 0 Å². The highest BCUT2D eigenvalue weighted by atomic mass is 35.5. The molecule has 0 atom stereocenters. The van der Waals surface area contributed by atoms with E-state index in [9.17, 15) is 0 Å². The third-order valence-corrected chi connectivity index (χ3v) is 2.33. The molecule has 1 N–H and O–H groups in total. The van der Waals surface area contributed by atoms with Gasteiger partial charge in [-0.25, -0.2) is 9.97 Å². The minimum Gasteiger partial charge on any atom is -0.365 e. The fourth-order valence-corrected chi connectivity index (χ4v) is 1.60. The Bertz CT molecular complexity index is 479. The molecular formula is C11H11ClN4. The van der Waals surface area contributed by atoms with Gasteiger partial charge in [0.15, 0.2) is 11.0 Å². The Balaban J connectivity index is 2.45. The third kappa shape index (κ3) is 2.06. The summed E-state index contributed by atoms with van der Waals surface area (Å²) in [7, 11) is 0. The number of hydrogen-bond acceptors (Lipinski definition) is 3. The van der Waals surface area contributed by atoms with Crippen LogP contribution >= 0.6 is 11.6 Å². The lowest BCUT2D eigenvalue weighted by atomic mass is 10.4. The molecule has 0 aliphatic rings. The average molecular weight is 235 g/mol. The van der Waals surface area contributed by atoms with E-state index in [4.69, 9.17) is 11.6 Å². The second kappa shape index (κ2) is 4.81. The molecule has 0 saturated heterocycles. The minimum atomic E-state index is 0.415. The molecule has 2 aromatic rings. The molecule has 0 aliphatic heterocycles. The number of nitrogens with one attached hydrogen (secondary N) is 1. The summed E-state index contributed by atoms with van der Waals surface area (Å²) in [6.45, 7) is 4.27. The van der Waals surface area contributed by atoms with E-state index in [0.717, 1.165) is 5.69 Å². The van der Waals surface area contributed by atoms with Gasteiger partial charge in [-0.3, -0.25) is 0 Å². The van der Waals surface area contributed by atoms with Crippen LogP contribution < -0.4 is 5.32 Å². The Morgan fingerprint density at radius 2 is 2.12 bits per heavy atom. The Hall–Kier alpha value is -1.81. The zero-order valence-corrected chi connectivity index (χ0v) is 9.35. The second-order valence-corrected chi connectivity index (χ2v) is 3.48. The van der Waals surface area contributed by atoms with Gasteiger partial charge >= 0.3 is 0 Å². The maximum Gasteiger partial charge on any atom is 0.158 e. The molecule has 2 heterocycles. The van der Waals surface area contributed by atoms with Crippen molar-refractivity contribution in [2.45, 2.75) is 0 Å². The van der Waals surface area contributed by atoms with Gasteiger partial charge in [-0.2, -0.15) is 0 Å². The van der Waals surface area contributed by atoms with Crippen molar-refractivity contribution in [1.82, 2.24) is 14.5 Å². The fraction of sp³-hybridized carbons (Fsp3) is 0.0909. The summed E-state index contributed by atoms with van der Waals surface area (Å²) < 4.78 is 1.87. The normalized spacial score (nSPS) is 10.1. The van der Waals surface area contributed by atoms with Crippen molar-refractivity contribution < 1.29 is 0 Å². The average Bonchev–Trinajstić information content (AvgIpc) is 2.79. The van der Waals surface area contributed by atoms with Crippen molar-refractivity contribution in [3.8, 4) is 5.69 Å². The molecule has 0 saturated carbocycles. The first-order chi connectivity index (χ1) is 7.83. The topological polar surface area (TPSA) is 42.7 Å². The van der Waals surface area contributed by atoms with Gasteiger partial charge in [-0.15, -0.1) is 6.58 Å². The number of halogens is 1. The van der Waals surface area contributed by atoms with Crippen molar-refractivity contribution in [2.24, 2.45) is 0 Å². The van der Waals surface area contributed by atoms with Crippen LogP contribution in [0.25, 0.3) is 5.69 Å². The molecule has 0 bridgehead atoms.